The number of H-pyrrole nitrogens is 1. The summed E-state index contributed by atoms with van der Waals surface area (Å²) in [4.78, 5) is 28.7. The van der Waals surface area contributed by atoms with Gasteiger partial charge in [-0.3, -0.25) is 14.5 Å². The number of carbonyl (C=O) groups is 1. The highest BCUT2D eigenvalue weighted by molar-refractivity contribution is 5.78. The van der Waals surface area contributed by atoms with Crippen molar-refractivity contribution in [3.05, 3.63) is 69.1 Å². The minimum absolute atomic E-state index is 0.0946. The Morgan fingerprint density at radius 1 is 1.22 bits per heavy atom. The number of rotatable bonds is 6. The average Bonchev–Trinajstić information content (AvgIpc) is 2.46. The second-order valence-corrected chi connectivity index (χ2v) is 5.88. The van der Waals surface area contributed by atoms with E-state index in [1.165, 1.54) is 0 Å². The summed E-state index contributed by atoms with van der Waals surface area (Å²) in [6, 6.07) is 11.9. The van der Waals surface area contributed by atoms with E-state index < -0.39 is 0 Å². The van der Waals surface area contributed by atoms with Crippen molar-refractivity contribution in [2.24, 2.45) is 0 Å². The number of amides is 1. The van der Waals surface area contributed by atoms with Gasteiger partial charge in [0.15, 0.2) is 0 Å². The molecule has 0 spiro atoms. The molecule has 2 N–H and O–H groups in total. The van der Waals surface area contributed by atoms with Crippen LogP contribution in [0.2, 0.25) is 0 Å². The molecule has 122 valence electrons. The number of hydrogen-bond acceptors (Lipinski definition) is 3. The van der Waals surface area contributed by atoms with E-state index in [1.807, 2.05) is 62.2 Å². The predicted molar refractivity (Wildman–Crippen MR) is 91.2 cm³/mol. The average molecular weight is 313 g/mol. The van der Waals surface area contributed by atoms with Crippen LogP contribution in [-0.2, 0) is 17.9 Å². The zero-order chi connectivity index (χ0) is 16.8. The third kappa shape index (κ3) is 5.07. The second kappa shape index (κ2) is 7.74. The van der Waals surface area contributed by atoms with E-state index in [0.29, 0.717) is 12.1 Å². The van der Waals surface area contributed by atoms with Gasteiger partial charge in [0.1, 0.15) is 0 Å². The molecule has 1 amide bonds. The van der Waals surface area contributed by atoms with Crippen LogP contribution in [0.5, 0.6) is 0 Å². The van der Waals surface area contributed by atoms with Crippen molar-refractivity contribution >= 4 is 5.91 Å². The van der Waals surface area contributed by atoms with E-state index in [0.717, 1.165) is 16.8 Å². The molecule has 0 saturated heterocycles. The Morgan fingerprint density at radius 3 is 2.57 bits per heavy atom. The summed E-state index contributed by atoms with van der Waals surface area (Å²) in [5, 5.41) is 2.82. The summed E-state index contributed by atoms with van der Waals surface area (Å²) in [7, 11) is 1.90. The number of benzene rings is 1. The molecule has 0 aliphatic carbocycles. The fourth-order valence-corrected chi connectivity index (χ4v) is 2.54. The molecule has 0 bridgehead atoms. The number of aryl methyl sites for hydroxylation is 2. The quantitative estimate of drug-likeness (QED) is 0.854. The maximum atomic E-state index is 12.0. The molecule has 5 nitrogen and oxygen atoms in total. The van der Waals surface area contributed by atoms with Crippen molar-refractivity contribution in [3.63, 3.8) is 0 Å². The lowest BCUT2D eigenvalue weighted by Crippen LogP contribution is -2.36. The maximum Gasteiger partial charge on any atom is 0.253 e. The summed E-state index contributed by atoms with van der Waals surface area (Å²) in [6.07, 6.45) is 0. The number of carbonyl (C=O) groups excluding carboxylic acids is 1. The molecule has 0 atom stereocenters. The van der Waals surface area contributed by atoms with Crippen LogP contribution in [0.15, 0.2) is 41.2 Å². The Bertz CT molecular complexity index is 723. The first kappa shape index (κ1) is 17.0. The van der Waals surface area contributed by atoms with Crippen molar-refractivity contribution in [2.45, 2.75) is 26.9 Å². The van der Waals surface area contributed by atoms with Gasteiger partial charge in [-0.15, -0.1) is 0 Å². The first-order valence-electron chi connectivity index (χ1n) is 7.64. The monoisotopic (exact) mass is 313 g/mol. The van der Waals surface area contributed by atoms with E-state index in [9.17, 15) is 9.59 Å². The molecule has 0 saturated carbocycles. The molecule has 0 fully saturated rings. The fourth-order valence-electron chi connectivity index (χ4n) is 2.54. The normalized spacial score (nSPS) is 10.8. The van der Waals surface area contributed by atoms with Crippen LogP contribution in [0.3, 0.4) is 0 Å². The van der Waals surface area contributed by atoms with Crippen molar-refractivity contribution < 1.29 is 4.79 Å². The smallest absolute Gasteiger partial charge is 0.253 e. The highest BCUT2D eigenvalue weighted by Crippen LogP contribution is 2.04. The Labute approximate surface area is 136 Å². The molecule has 0 radical (unpaired) electrons. The van der Waals surface area contributed by atoms with E-state index in [2.05, 4.69) is 10.3 Å². The Hall–Kier alpha value is -2.40. The van der Waals surface area contributed by atoms with Gasteiger partial charge < -0.3 is 10.3 Å². The molecule has 23 heavy (non-hydrogen) atoms. The van der Waals surface area contributed by atoms with Gasteiger partial charge in [0.2, 0.25) is 5.91 Å². The van der Waals surface area contributed by atoms with Gasteiger partial charge in [-0.05, 0) is 38.1 Å². The van der Waals surface area contributed by atoms with Crippen LogP contribution in [0.4, 0.5) is 0 Å². The van der Waals surface area contributed by atoms with Gasteiger partial charge in [-0.2, -0.15) is 0 Å². The Kier molecular flexibility index (Phi) is 5.71. The van der Waals surface area contributed by atoms with Crippen LogP contribution in [-0.4, -0.2) is 29.4 Å². The number of hydrogen-bond donors (Lipinski definition) is 2. The van der Waals surface area contributed by atoms with E-state index in [-0.39, 0.29) is 24.6 Å². The van der Waals surface area contributed by atoms with Crippen LogP contribution in [0.1, 0.15) is 22.4 Å². The molecule has 5 heteroatoms. The first-order valence-corrected chi connectivity index (χ1v) is 7.64. The minimum Gasteiger partial charge on any atom is -0.351 e. The van der Waals surface area contributed by atoms with E-state index >= 15 is 0 Å². The van der Waals surface area contributed by atoms with Crippen LogP contribution >= 0.6 is 0 Å². The van der Waals surface area contributed by atoms with Gasteiger partial charge in [-0.25, -0.2) is 0 Å². The lowest BCUT2D eigenvalue weighted by molar-refractivity contribution is -0.122. The standard InChI is InChI=1S/C18H23N3O2/c1-13-9-14(2)20-18(23)16(13)10-19-17(22)12-21(3)11-15-7-5-4-6-8-15/h4-9H,10-12H2,1-3H3,(H,19,22)(H,20,23). The molecule has 1 aromatic carbocycles. The van der Waals surface area contributed by atoms with Crippen molar-refractivity contribution in [3.8, 4) is 0 Å². The maximum absolute atomic E-state index is 12.0. The largest absolute Gasteiger partial charge is 0.351 e. The summed E-state index contributed by atoms with van der Waals surface area (Å²) < 4.78 is 0. The lowest BCUT2D eigenvalue weighted by Gasteiger charge is -2.16. The third-order valence-corrected chi connectivity index (χ3v) is 3.66. The molecule has 0 aliphatic heterocycles. The molecule has 2 aromatic rings. The van der Waals surface area contributed by atoms with E-state index in [4.69, 9.17) is 0 Å². The molecule has 2 rings (SSSR count). The van der Waals surface area contributed by atoms with Crippen molar-refractivity contribution in [1.82, 2.24) is 15.2 Å². The summed E-state index contributed by atoms with van der Waals surface area (Å²) in [5.41, 5.74) is 3.35. The van der Waals surface area contributed by atoms with Crippen LogP contribution in [0.25, 0.3) is 0 Å². The first-order chi connectivity index (χ1) is 11.0. The molecule has 0 unspecified atom stereocenters. The van der Waals surface area contributed by atoms with Gasteiger partial charge in [0.05, 0.1) is 6.54 Å². The number of likely N-dealkylation sites (N-methyl/N-ethyl adjacent to an activating group) is 1. The Balaban J connectivity index is 1.87. The topological polar surface area (TPSA) is 65.2 Å². The van der Waals surface area contributed by atoms with Gasteiger partial charge in [0.25, 0.3) is 5.56 Å². The van der Waals surface area contributed by atoms with Gasteiger partial charge >= 0.3 is 0 Å². The zero-order valence-electron chi connectivity index (χ0n) is 13.8. The third-order valence-electron chi connectivity index (χ3n) is 3.66. The summed E-state index contributed by atoms with van der Waals surface area (Å²) in [6.45, 7) is 4.97. The number of pyridine rings is 1. The number of nitrogens with zero attached hydrogens (tertiary/aromatic N) is 1. The van der Waals surface area contributed by atoms with Crippen molar-refractivity contribution in [2.75, 3.05) is 13.6 Å². The number of aromatic amines is 1. The summed E-state index contributed by atoms with van der Waals surface area (Å²) >= 11 is 0. The van der Waals surface area contributed by atoms with Crippen LogP contribution < -0.4 is 10.9 Å². The predicted octanol–water partition coefficient (Wildman–Crippen LogP) is 1.74. The summed E-state index contributed by atoms with van der Waals surface area (Å²) in [5.74, 6) is -0.0946. The minimum atomic E-state index is -0.138. The SMILES string of the molecule is Cc1cc(C)c(CNC(=O)CN(C)Cc2ccccc2)c(=O)[nH]1. The highest BCUT2D eigenvalue weighted by atomic mass is 16.2. The zero-order valence-corrected chi connectivity index (χ0v) is 13.8. The molecular weight excluding hydrogens is 290 g/mol. The Morgan fingerprint density at radius 2 is 1.91 bits per heavy atom. The highest BCUT2D eigenvalue weighted by Gasteiger charge is 2.10. The molecule has 1 heterocycles. The lowest BCUT2D eigenvalue weighted by atomic mass is 10.1. The molecule has 0 aliphatic rings. The van der Waals surface area contributed by atoms with E-state index in [1.54, 1.807) is 0 Å². The van der Waals surface area contributed by atoms with Gasteiger partial charge in [0, 0.05) is 24.3 Å². The number of aromatic nitrogens is 1. The van der Waals surface area contributed by atoms with Gasteiger partial charge in [-0.1, -0.05) is 30.3 Å². The number of nitrogens with one attached hydrogen (secondary N) is 2. The second-order valence-electron chi connectivity index (χ2n) is 5.88. The van der Waals surface area contributed by atoms with Crippen molar-refractivity contribution in [1.29, 1.82) is 0 Å². The fraction of sp³-hybridized carbons (Fsp3) is 0.333. The van der Waals surface area contributed by atoms with Crippen LogP contribution in [0, 0.1) is 13.8 Å². The molecular formula is C18H23N3O2. The molecule has 1 aromatic heterocycles.